The maximum absolute atomic E-state index is 4.71. The predicted octanol–water partition coefficient (Wildman–Crippen LogP) is 4.33. The van der Waals surface area contributed by atoms with Gasteiger partial charge in [-0.3, -0.25) is 0 Å². The summed E-state index contributed by atoms with van der Waals surface area (Å²) in [5.74, 6) is 3.19. The quantitative estimate of drug-likeness (QED) is 0.743. The van der Waals surface area contributed by atoms with Gasteiger partial charge in [-0.2, -0.15) is 0 Å². The van der Waals surface area contributed by atoms with Crippen LogP contribution in [-0.2, 0) is 0 Å². The Morgan fingerprint density at radius 2 is 1.60 bits per heavy atom. The third-order valence-electron chi connectivity index (χ3n) is 3.55. The van der Waals surface area contributed by atoms with Crippen LogP contribution in [0, 0.1) is 6.92 Å². The van der Waals surface area contributed by atoms with Gasteiger partial charge in [-0.15, -0.1) is 0 Å². The number of nitrogens with zero attached hydrogens (tertiary/aromatic N) is 2. The third kappa shape index (κ3) is 4.36. The Balaban J connectivity index is 3.09. The highest BCUT2D eigenvalue weighted by atomic mass is 15.1. The van der Waals surface area contributed by atoms with Crippen LogP contribution in [0.25, 0.3) is 0 Å². The van der Waals surface area contributed by atoms with E-state index in [2.05, 4.69) is 57.2 Å². The van der Waals surface area contributed by atoms with E-state index in [1.165, 1.54) is 0 Å². The fourth-order valence-electron chi connectivity index (χ4n) is 2.03. The van der Waals surface area contributed by atoms with Crippen molar-refractivity contribution in [2.75, 3.05) is 17.2 Å². The maximum atomic E-state index is 4.71. The fourth-order valence-corrected chi connectivity index (χ4v) is 2.03. The Morgan fingerprint density at radius 1 is 1.00 bits per heavy atom. The van der Waals surface area contributed by atoms with E-state index < -0.39 is 0 Å². The summed E-state index contributed by atoms with van der Waals surface area (Å²) in [6.45, 7) is 13.9. The number of hydrogen-bond acceptors (Lipinski definition) is 4. The van der Waals surface area contributed by atoms with Gasteiger partial charge in [0.05, 0.1) is 0 Å². The second-order valence-corrected chi connectivity index (χ2v) is 5.64. The van der Waals surface area contributed by atoms with Gasteiger partial charge < -0.3 is 10.6 Å². The van der Waals surface area contributed by atoms with E-state index in [4.69, 9.17) is 4.98 Å². The van der Waals surface area contributed by atoms with E-state index in [9.17, 15) is 0 Å². The first-order valence-corrected chi connectivity index (χ1v) is 7.92. The van der Waals surface area contributed by atoms with Gasteiger partial charge in [0, 0.05) is 24.1 Å². The van der Waals surface area contributed by atoms with Gasteiger partial charge in [0.25, 0.3) is 0 Å². The molecule has 0 atom stereocenters. The van der Waals surface area contributed by atoms with E-state index in [1.54, 1.807) is 0 Å². The van der Waals surface area contributed by atoms with E-state index >= 15 is 0 Å². The molecule has 0 aromatic carbocycles. The number of rotatable bonds is 8. The Hall–Kier alpha value is -1.32. The summed E-state index contributed by atoms with van der Waals surface area (Å²) in [7, 11) is 0. The lowest BCUT2D eigenvalue weighted by atomic mass is 10.1. The average Bonchev–Trinajstić information content (AvgIpc) is 2.44. The first kappa shape index (κ1) is 16.7. The van der Waals surface area contributed by atoms with Crippen molar-refractivity contribution in [3.63, 3.8) is 0 Å². The van der Waals surface area contributed by atoms with Crippen molar-refractivity contribution in [2.24, 2.45) is 0 Å². The van der Waals surface area contributed by atoms with Gasteiger partial charge >= 0.3 is 0 Å². The molecule has 0 fully saturated rings. The second-order valence-electron chi connectivity index (χ2n) is 5.64. The SMILES string of the molecule is CCCNc1nc(C(C)C)nc(NC(CC)CC)c1C. The molecule has 0 saturated carbocycles. The summed E-state index contributed by atoms with van der Waals surface area (Å²) in [6, 6.07) is 0.475. The molecular weight excluding hydrogens is 248 g/mol. The van der Waals surface area contributed by atoms with Crippen LogP contribution in [-0.4, -0.2) is 22.6 Å². The fraction of sp³-hybridized carbons (Fsp3) is 0.750. The molecule has 0 spiro atoms. The lowest BCUT2D eigenvalue weighted by Gasteiger charge is -2.20. The third-order valence-corrected chi connectivity index (χ3v) is 3.55. The summed E-state index contributed by atoms with van der Waals surface area (Å²) in [5, 5.41) is 6.98. The molecule has 2 N–H and O–H groups in total. The number of aromatic nitrogens is 2. The molecule has 1 heterocycles. The summed E-state index contributed by atoms with van der Waals surface area (Å²) in [5.41, 5.74) is 1.12. The molecule has 114 valence electrons. The average molecular weight is 278 g/mol. The second kappa shape index (κ2) is 8.08. The number of hydrogen-bond donors (Lipinski definition) is 2. The van der Waals surface area contributed by atoms with Gasteiger partial charge in [-0.1, -0.05) is 34.6 Å². The molecule has 0 bridgehead atoms. The Labute approximate surface area is 123 Å². The molecule has 20 heavy (non-hydrogen) atoms. The van der Waals surface area contributed by atoms with Crippen molar-refractivity contribution in [3.05, 3.63) is 11.4 Å². The van der Waals surface area contributed by atoms with Crippen LogP contribution in [0.4, 0.5) is 11.6 Å². The van der Waals surface area contributed by atoms with E-state index in [1.807, 2.05) is 0 Å². The number of nitrogens with one attached hydrogen (secondary N) is 2. The molecule has 0 aliphatic carbocycles. The first-order chi connectivity index (χ1) is 9.53. The van der Waals surface area contributed by atoms with Crippen LogP contribution >= 0.6 is 0 Å². The summed E-state index contributed by atoms with van der Waals surface area (Å²) in [4.78, 5) is 9.38. The summed E-state index contributed by atoms with van der Waals surface area (Å²) >= 11 is 0. The standard InChI is InChI=1S/C16H30N4/c1-7-10-17-15-12(6)16(18-13(8-2)9-3)20-14(19-15)11(4)5/h11,13H,7-10H2,1-6H3,(H2,17,18,19,20). The van der Waals surface area contributed by atoms with Crippen molar-refractivity contribution >= 4 is 11.6 Å². The van der Waals surface area contributed by atoms with E-state index in [-0.39, 0.29) is 0 Å². The van der Waals surface area contributed by atoms with E-state index in [0.29, 0.717) is 12.0 Å². The molecule has 0 aliphatic rings. The minimum Gasteiger partial charge on any atom is -0.370 e. The molecular formula is C16H30N4. The Kier molecular flexibility index (Phi) is 6.76. The highest BCUT2D eigenvalue weighted by Gasteiger charge is 2.14. The van der Waals surface area contributed by atoms with Gasteiger partial charge in [0.1, 0.15) is 17.5 Å². The van der Waals surface area contributed by atoms with E-state index in [0.717, 1.165) is 48.8 Å². The monoisotopic (exact) mass is 278 g/mol. The summed E-state index contributed by atoms with van der Waals surface area (Å²) < 4.78 is 0. The predicted molar refractivity (Wildman–Crippen MR) is 87.6 cm³/mol. The Bertz CT molecular complexity index is 411. The molecule has 0 unspecified atom stereocenters. The van der Waals surface area contributed by atoms with Gasteiger partial charge in [0.15, 0.2) is 0 Å². The van der Waals surface area contributed by atoms with Crippen LogP contribution in [0.3, 0.4) is 0 Å². The van der Waals surface area contributed by atoms with Crippen LogP contribution in [0.5, 0.6) is 0 Å². The molecule has 0 radical (unpaired) electrons. The zero-order valence-electron chi connectivity index (χ0n) is 13.9. The molecule has 1 rings (SSSR count). The van der Waals surface area contributed by atoms with Crippen molar-refractivity contribution in [1.29, 1.82) is 0 Å². The largest absolute Gasteiger partial charge is 0.370 e. The lowest BCUT2D eigenvalue weighted by Crippen LogP contribution is -2.20. The van der Waals surface area contributed by atoms with Gasteiger partial charge in [0.2, 0.25) is 0 Å². The molecule has 0 amide bonds. The van der Waals surface area contributed by atoms with Crippen molar-refractivity contribution in [2.45, 2.75) is 72.8 Å². The molecule has 1 aromatic heterocycles. The van der Waals surface area contributed by atoms with Crippen LogP contribution in [0.1, 0.15) is 71.2 Å². The minimum absolute atomic E-state index is 0.333. The minimum atomic E-state index is 0.333. The first-order valence-electron chi connectivity index (χ1n) is 7.92. The van der Waals surface area contributed by atoms with Crippen molar-refractivity contribution in [3.8, 4) is 0 Å². The van der Waals surface area contributed by atoms with Gasteiger partial charge in [-0.05, 0) is 26.2 Å². The topological polar surface area (TPSA) is 49.8 Å². The molecule has 0 aliphatic heterocycles. The zero-order chi connectivity index (χ0) is 15.1. The normalized spacial score (nSPS) is 11.2. The Morgan fingerprint density at radius 3 is 2.10 bits per heavy atom. The summed E-state index contributed by atoms with van der Waals surface area (Å²) in [6.07, 6.45) is 3.30. The lowest BCUT2D eigenvalue weighted by molar-refractivity contribution is 0.664. The number of anilines is 2. The van der Waals surface area contributed by atoms with Crippen LogP contribution < -0.4 is 10.6 Å². The molecule has 4 heteroatoms. The highest BCUT2D eigenvalue weighted by molar-refractivity contribution is 5.57. The zero-order valence-corrected chi connectivity index (χ0v) is 13.9. The van der Waals surface area contributed by atoms with Crippen LogP contribution in [0.2, 0.25) is 0 Å². The van der Waals surface area contributed by atoms with Crippen molar-refractivity contribution in [1.82, 2.24) is 9.97 Å². The molecule has 4 nitrogen and oxygen atoms in total. The maximum Gasteiger partial charge on any atom is 0.135 e. The smallest absolute Gasteiger partial charge is 0.135 e. The van der Waals surface area contributed by atoms with Crippen LogP contribution in [0.15, 0.2) is 0 Å². The van der Waals surface area contributed by atoms with Crippen molar-refractivity contribution < 1.29 is 0 Å². The highest BCUT2D eigenvalue weighted by Crippen LogP contribution is 2.24. The molecule has 1 aromatic rings. The molecule has 0 saturated heterocycles. The van der Waals surface area contributed by atoms with Gasteiger partial charge in [-0.25, -0.2) is 9.97 Å².